The van der Waals surface area contributed by atoms with Crippen molar-refractivity contribution in [2.24, 2.45) is 0 Å². The summed E-state index contributed by atoms with van der Waals surface area (Å²) in [6.07, 6.45) is 2.10. The Kier molecular flexibility index (Phi) is 4.72. The molecule has 0 amide bonds. The van der Waals surface area contributed by atoms with Gasteiger partial charge in [-0.3, -0.25) is 0 Å². The lowest BCUT2D eigenvalue weighted by molar-refractivity contribution is 0.153. The first-order chi connectivity index (χ1) is 8.66. The lowest BCUT2D eigenvalue weighted by atomic mass is 10.0. The van der Waals surface area contributed by atoms with Crippen molar-refractivity contribution in [3.63, 3.8) is 0 Å². The van der Waals surface area contributed by atoms with E-state index in [-0.39, 0.29) is 5.82 Å². The van der Waals surface area contributed by atoms with Crippen LogP contribution >= 0.6 is 0 Å². The molecule has 0 saturated carbocycles. The quantitative estimate of drug-likeness (QED) is 0.809. The highest BCUT2D eigenvalue weighted by Crippen LogP contribution is 2.14. The number of rotatable bonds is 4. The topological polar surface area (TPSA) is 6.48 Å². The van der Waals surface area contributed by atoms with Gasteiger partial charge in [-0.1, -0.05) is 12.1 Å². The smallest absolute Gasteiger partial charge is 0.126 e. The summed E-state index contributed by atoms with van der Waals surface area (Å²) in [7, 11) is 2.17. The number of piperazine rings is 1. The van der Waals surface area contributed by atoms with Gasteiger partial charge in [0.1, 0.15) is 5.82 Å². The van der Waals surface area contributed by atoms with E-state index in [1.54, 1.807) is 6.07 Å². The number of aryl methyl sites for hydroxylation is 1. The summed E-state index contributed by atoms with van der Waals surface area (Å²) in [6, 6.07) is 5.40. The second-order valence-electron chi connectivity index (χ2n) is 5.27. The van der Waals surface area contributed by atoms with Crippen LogP contribution in [0, 0.1) is 12.7 Å². The second-order valence-corrected chi connectivity index (χ2v) is 5.27. The molecular weight excluding hydrogens is 227 g/mol. The van der Waals surface area contributed by atoms with Crippen molar-refractivity contribution in [2.45, 2.75) is 19.8 Å². The Bertz CT molecular complexity index is 384. The molecule has 1 aromatic carbocycles. The van der Waals surface area contributed by atoms with E-state index in [1.807, 2.05) is 19.1 Å². The number of hydrogen-bond acceptors (Lipinski definition) is 2. The molecule has 2 nitrogen and oxygen atoms in total. The summed E-state index contributed by atoms with van der Waals surface area (Å²) in [5.41, 5.74) is 1.97. The highest BCUT2D eigenvalue weighted by Gasteiger charge is 2.13. The first-order valence-electron chi connectivity index (χ1n) is 6.81. The van der Waals surface area contributed by atoms with Crippen LogP contribution in [-0.2, 0) is 6.42 Å². The predicted octanol–water partition coefficient (Wildman–Crippen LogP) is 2.31. The summed E-state index contributed by atoms with van der Waals surface area (Å²) < 4.78 is 13.4. The number of hydrogen-bond donors (Lipinski definition) is 0. The van der Waals surface area contributed by atoms with Crippen LogP contribution in [0.1, 0.15) is 17.5 Å². The van der Waals surface area contributed by atoms with Crippen LogP contribution in [0.25, 0.3) is 0 Å². The maximum absolute atomic E-state index is 13.4. The van der Waals surface area contributed by atoms with Crippen molar-refractivity contribution in [1.82, 2.24) is 9.80 Å². The third kappa shape index (κ3) is 3.53. The van der Waals surface area contributed by atoms with E-state index in [0.29, 0.717) is 0 Å². The molecule has 0 aliphatic carbocycles. The average Bonchev–Trinajstić information content (AvgIpc) is 2.37. The zero-order chi connectivity index (χ0) is 13.0. The molecular formula is C15H23FN2. The Balaban J connectivity index is 1.77. The van der Waals surface area contributed by atoms with Crippen LogP contribution in [0.5, 0.6) is 0 Å². The van der Waals surface area contributed by atoms with Gasteiger partial charge in [-0.2, -0.15) is 0 Å². The second kappa shape index (κ2) is 6.30. The van der Waals surface area contributed by atoms with E-state index in [0.717, 1.165) is 30.5 Å². The van der Waals surface area contributed by atoms with E-state index >= 15 is 0 Å². The third-order valence-corrected chi connectivity index (χ3v) is 3.90. The molecule has 1 saturated heterocycles. The highest BCUT2D eigenvalue weighted by atomic mass is 19.1. The van der Waals surface area contributed by atoms with Crippen molar-refractivity contribution in [1.29, 1.82) is 0 Å². The van der Waals surface area contributed by atoms with Crippen molar-refractivity contribution >= 4 is 0 Å². The molecule has 0 unspecified atom stereocenters. The summed E-state index contributed by atoms with van der Waals surface area (Å²) in [5.74, 6) is -0.0768. The number of benzene rings is 1. The minimum Gasteiger partial charge on any atom is -0.304 e. The summed E-state index contributed by atoms with van der Waals surface area (Å²) >= 11 is 0. The van der Waals surface area contributed by atoms with Gasteiger partial charge in [0.2, 0.25) is 0 Å². The normalized spacial score (nSPS) is 18.2. The average molecular weight is 250 g/mol. The molecule has 0 atom stereocenters. The van der Waals surface area contributed by atoms with Gasteiger partial charge in [0, 0.05) is 26.2 Å². The lowest BCUT2D eigenvalue weighted by Gasteiger charge is -2.32. The van der Waals surface area contributed by atoms with Gasteiger partial charge < -0.3 is 9.80 Å². The Morgan fingerprint density at radius 3 is 2.61 bits per heavy atom. The molecule has 1 heterocycles. The molecule has 1 aromatic rings. The van der Waals surface area contributed by atoms with Crippen molar-refractivity contribution in [3.8, 4) is 0 Å². The predicted molar refractivity (Wildman–Crippen MR) is 73.4 cm³/mol. The molecule has 0 N–H and O–H groups in total. The molecule has 18 heavy (non-hydrogen) atoms. The third-order valence-electron chi connectivity index (χ3n) is 3.90. The van der Waals surface area contributed by atoms with Gasteiger partial charge in [0.05, 0.1) is 0 Å². The van der Waals surface area contributed by atoms with Crippen LogP contribution in [0.3, 0.4) is 0 Å². The molecule has 100 valence electrons. The van der Waals surface area contributed by atoms with Gasteiger partial charge in [0.15, 0.2) is 0 Å². The zero-order valence-corrected chi connectivity index (χ0v) is 11.5. The number of likely N-dealkylation sites (N-methyl/N-ethyl adjacent to an activating group) is 1. The highest BCUT2D eigenvalue weighted by molar-refractivity contribution is 5.27. The monoisotopic (exact) mass is 250 g/mol. The lowest BCUT2D eigenvalue weighted by Crippen LogP contribution is -2.44. The maximum atomic E-state index is 13.4. The van der Waals surface area contributed by atoms with Crippen LogP contribution in [0.4, 0.5) is 4.39 Å². The molecule has 1 aliphatic rings. The molecule has 0 aromatic heterocycles. The standard InChI is InChI=1S/C15H23FN2/c1-13-14(5-3-7-15(13)16)6-4-8-18-11-9-17(2)10-12-18/h3,5,7H,4,6,8-12H2,1-2H3. The van der Waals surface area contributed by atoms with Gasteiger partial charge >= 0.3 is 0 Å². The van der Waals surface area contributed by atoms with Crippen LogP contribution in [-0.4, -0.2) is 49.6 Å². The minimum absolute atomic E-state index is 0.0768. The first-order valence-corrected chi connectivity index (χ1v) is 6.81. The van der Waals surface area contributed by atoms with Gasteiger partial charge in [0.25, 0.3) is 0 Å². The van der Waals surface area contributed by atoms with Crippen molar-refractivity contribution in [3.05, 3.63) is 35.1 Å². The van der Waals surface area contributed by atoms with Crippen molar-refractivity contribution < 1.29 is 4.39 Å². The zero-order valence-electron chi connectivity index (χ0n) is 11.5. The van der Waals surface area contributed by atoms with Gasteiger partial charge in [-0.25, -0.2) is 4.39 Å². The van der Waals surface area contributed by atoms with Gasteiger partial charge in [-0.15, -0.1) is 0 Å². The SMILES string of the molecule is Cc1c(F)cccc1CCCN1CCN(C)CC1. The molecule has 1 aliphatic heterocycles. The summed E-state index contributed by atoms with van der Waals surface area (Å²) in [5, 5.41) is 0. The fraction of sp³-hybridized carbons (Fsp3) is 0.600. The Morgan fingerprint density at radius 2 is 1.89 bits per heavy atom. The first kappa shape index (κ1) is 13.5. The molecule has 0 spiro atoms. The number of nitrogens with zero attached hydrogens (tertiary/aromatic N) is 2. The Morgan fingerprint density at radius 1 is 1.17 bits per heavy atom. The van der Waals surface area contributed by atoms with Crippen LogP contribution in [0.15, 0.2) is 18.2 Å². The van der Waals surface area contributed by atoms with Crippen LogP contribution in [0.2, 0.25) is 0 Å². The molecule has 2 rings (SSSR count). The molecule has 0 bridgehead atoms. The van der Waals surface area contributed by atoms with E-state index in [4.69, 9.17) is 0 Å². The van der Waals surface area contributed by atoms with E-state index in [2.05, 4.69) is 16.8 Å². The maximum Gasteiger partial charge on any atom is 0.126 e. The summed E-state index contributed by atoms with van der Waals surface area (Å²) in [6.45, 7) is 7.67. The van der Waals surface area contributed by atoms with E-state index < -0.39 is 0 Å². The van der Waals surface area contributed by atoms with Crippen LogP contribution < -0.4 is 0 Å². The van der Waals surface area contributed by atoms with E-state index in [1.165, 1.54) is 26.2 Å². The Hall–Kier alpha value is -0.930. The molecule has 0 radical (unpaired) electrons. The molecule has 1 fully saturated rings. The fourth-order valence-corrected chi connectivity index (χ4v) is 2.49. The van der Waals surface area contributed by atoms with Gasteiger partial charge in [-0.05, 0) is 50.6 Å². The Labute approximate surface area is 109 Å². The minimum atomic E-state index is -0.0768. The summed E-state index contributed by atoms with van der Waals surface area (Å²) in [4.78, 5) is 4.88. The largest absolute Gasteiger partial charge is 0.304 e. The molecule has 3 heteroatoms. The van der Waals surface area contributed by atoms with Crippen molar-refractivity contribution in [2.75, 3.05) is 39.8 Å². The number of halogens is 1. The fourth-order valence-electron chi connectivity index (χ4n) is 2.49. The van der Waals surface area contributed by atoms with E-state index in [9.17, 15) is 4.39 Å².